The van der Waals surface area contributed by atoms with Gasteiger partial charge in [0, 0.05) is 0 Å². The molecule has 0 saturated heterocycles. The Hall–Kier alpha value is -1.12. The summed E-state index contributed by atoms with van der Waals surface area (Å²) in [5.74, 6) is 0. The average Bonchev–Trinajstić information content (AvgIpc) is 2.26. The van der Waals surface area contributed by atoms with Crippen LogP contribution in [-0.2, 0) is 9.84 Å². The van der Waals surface area contributed by atoms with Gasteiger partial charge in [-0.05, 0) is 17.7 Å². The van der Waals surface area contributed by atoms with E-state index in [0.29, 0.717) is 6.07 Å². The zero-order valence-electron chi connectivity index (χ0n) is 8.35. The van der Waals surface area contributed by atoms with Crippen LogP contribution in [0.3, 0.4) is 0 Å². The van der Waals surface area contributed by atoms with Gasteiger partial charge in [-0.2, -0.15) is 13.2 Å². The highest BCUT2D eigenvalue weighted by Gasteiger charge is 2.46. The molecule has 1 rings (SSSR count). The number of aliphatic hydroxyl groups is 2. The molecule has 96 valence electrons. The molecule has 2 N–H and O–H groups in total. The molecule has 1 unspecified atom stereocenters. The number of hydrogen-bond donors (Lipinski definition) is 2. The zero-order chi connectivity index (χ0) is 13.3. The molecule has 0 amide bonds. The highest BCUT2D eigenvalue weighted by Crippen LogP contribution is 2.31. The van der Waals surface area contributed by atoms with E-state index in [9.17, 15) is 26.7 Å². The molecular formula is C9H9F3O4S. The van der Waals surface area contributed by atoms with Gasteiger partial charge >= 0.3 is 5.51 Å². The molecule has 1 atom stereocenters. The van der Waals surface area contributed by atoms with E-state index in [0.717, 1.165) is 12.1 Å². The molecule has 1 aromatic carbocycles. The summed E-state index contributed by atoms with van der Waals surface area (Å²) < 4.78 is 58.8. The fourth-order valence-corrected chi connectivity index (χ4v) is 1.94. The normalized spacial score (nSPS) is 14.6. The number of benzene rings is 1. The first-order chi connectivity index (χ1) is 7.70. The molecule has 0 aliphatic carbocycles. The van der Waals surface area contributed by atoms with Crippen molar-refractivity contribution in [2.45, 2.75) is 16.5 Å². The summed E-state index contributed by atoms with van der Waals surface area (Å²) in [5, 5.41) is 17.8. The molecular weight excluding hydrogens is 261 g/mol. The lowest BCUT2D eigenvalue weighted by atomic mass is 10.1. The van der Waals surface area contributed by atoms with Crippen LogP contribution in [0.2, 0.25) is 0 Å². The Morgan fingerprint density at radius 1 is 1.29 bits per heavy atom. The van der Waals surface area contributed by atoms with Crippen molar-refractivity contribution in [1.82, 2.24) is 0 Å². The zero-order valence-corrected chi connectivity index (χ0v) is 9.16. The van der Waals surface area contributed by atoms with Crippen molar-refractivity contribution < 1.29 is 31.8 Å². The van der Waals surface area contributed by atoms with E-state index in [1.165, 1.54) is 6.07 Å². The third kappa shape index (κ3) is 2.76. The third-order valence-electron chi connectivity index (χ3n) is 2.03. The van der Waals surface area contributed by atoms with Crippen LogP contribution >= 0.6 is 0 Å². The Morgan fingerprint density at radius 3 is 2.35 bits per heavy atom. The van der Waals surface area contributed by atoms with Crippen molar-refractivity contribution in [3.05, 3.63) is 29.8 Å². The largest absolute Gasteiger partial charge is 0.501 e. The average molecular weight is 270 g/mol. The summed E-state index contributed by atoms with van der Waals surface area (Å²) in [4.78, 5) is -0.963. The van der Waals surface area contributed by atoms with E-state index < -0.39 is 33.0 Å². The lowest BCUT2D eigenvalue weighted by molar-refractivity contribution is -0.0436. The molecule has 0 radical (unpaired) electrons. The van der Waals surface area contributed by atoms with Crippen LogP contribution in [0.1, 0.15) is 11.7 Å². The van der Waals surface area contributed by atoms with Crippen LogP contribution < -0.4 is 0 Å². The van der Waals surface area contributed by atoms with Crippen molar-refractivity contribution in [2.24, 2.45) is 0 Å². The van der Waals surface area contributed by atoms with Gasteiger partial charge in [-0.1, -0.05) is 12.1 Å². The monoisotopic (exact) mass is 270 g/mol. The lowest BCUT2D eigenvalue weighted by Crippen LogP contribution is -2.23. The number of rotatable bonds is 3. The minimum absolute atomic E-state index is 0.0992. The van der Waals surface area contributed by atoms with E-state index in [-0.39, 0.29) is 5.56 Å². The van der Waals surface area contributed by atoms with Crippen LogP contribution in [0.15, 0.2) is 29.2 Å². The number of halogens is 3. The Kier molecular flexibility index (Phi) is 3.80. The molecule has 0 saturated carbocycles. The maximum Gasteiger partial charge on any atom is 0.501 e. The summed E-state index contributed by atoms with van der Waals surface area (Å²) in [6.07, 6.45) is -1.42. The summed E-state index contributed by atoms with van der Waals surface area (Å²) in [6, 6.07) is 3.74. The van der Waals surface area contributed by atoms with Gasteiger partial charge in [0.1, 0.15) is 6.10 Å². The van der Waals surface area contributed by atoms with E-state index in [2.05, 4.69) is 0 Å². The van der Waals surface area contributed by atoms with Crippen LogP contribution in [0.4, 0.5) is 13.2 Å². The van der Waals surface area contributed by atoms with Crippen LogP contribution in [0.5, 0.6) is 0 Å². The summed E-state index contributed by atoms with van der Waals surface area (Å²) in [7, 11) is -5.43. The highest BCUT2D eigenvalue weighted by atomic mass is 32.2. The van der Waals surface area contributed by atoms with Crippen LogP contribution in [0.25, 0.3) is 0 Å². The van der Waals surface area contributed by atoms with Gasteiger partial charge in [-0.25, -0.2) is 8.42 Å². The van der Waals surface area contributed by atoms with Gasteiger partial charge in [0.15, 0.2) is 0 Å². The Bertz CT molecular complexity index is 495. The standard InChI is InChI=1S/C9H9F3O4S/c10-9(11,12)17(15,16)7-3-1-2-6(4-7)8(14)5-13/h1-4,8,13-14H,5H2. The molecule has 1 aromatic rings. The molecule has 0 spiro atoms. The molecule has 0 aliphatic rings. The fraction of sp³-hybridized carbons (Fsp3) is 0.333. The second-order valence-corrected chi connectivity index (χ2v) is 5.16. The maximum absolute atomic E-state index is 12.2. The lowest BCUT2D eigenvalue weighted by Gasteiger charge is -2.11. The van der Waals surface area contributed by atoms with Crippen molar-refractivity contribution in [3.8, 4) is 0 Å². The fourth-order valence-electron chi connectivity index (χ4n) is 1.13. The minimum atomic E-state index is -5.43. The van der Waals surface area contributed by atoms with E-state index in [4.69, 9.17) is 5.11 Å². The van der Waals surface area contributed by atoms with Gasteiger partial charge in [0.25, 0.3) is 9.84 Å². The van der Waals surface area contributed by atoms with Crippen molar-refractivity contribution >= 4 is 9.84 Å². The smallest absolute Gasteiger partial charge is 0.393 e. The molecule has 0 aromatic heterocycles. The summed E-state index contributed by atoms with van der Waals surface area (Å²) in [5.41, 5.74) is -5.49. The third-order valence-corrected chi connectivity index (χ3v) is 3.51. The molecule has 0 aliphatic heterocycles. The predicted molar refractivity (Wildman–Crippen MR) is 51.7 cm³/mol. The van der Waals surface area contributed by atoms with Gasteiger partial charge in [0.05, 0.1) is 11.5 Å². The number of hydrogen-bond acceptors (Lipinski definition) is 4. The second-order valence-electron chi connectivity index (χ2n) is 3.22. The molecule has 0 fully saturated rings. The Morgan fingerprint density at radius 2 is 1.88 bits per heavy atom. The van der Waals surface area contributed by atoms with Crippen LogP contribution in [-0.4, -0.2) is 30.7 Å². The molecule has 8 heteroatoms. The minimum Gasteiger partial charge on any atom is -0.393 e. The number of sulfone groups is 1. The first-order valence-corrected chi connectivity index (χ1v) is 5.88. The molecule has 4 nitrogen and oxygen atoms in total. The Balaban J connectivity index is 3.26. The predicted octanol–water partition coefficient (Wildman–Crippen LogP) is 1.01. The molecule has 17 heavy (non-hydrogen) atoms. The van der Waals surface area contributed by atoms with Gasteiger partial charge in [0.2, 0.25) is 0 Å². The van der Waals surface area contributed by atoms with E-state index in [1.54, 1.807) is 0 Å². The topological polar surface area (TPSA) is 74.6 Å². The number of aliphatic hydroxyl groups excluding tert-OH is 2. The van der Waals surface area contributed by atoms with Crippen molar-refractivity contribution in [3.63, 3.8) is 0 Å². The van der Waals surface area contributed by atoms with Gasteiger partial charge < -0.3 is 10.2 Å². The van der Waals surface area contributed by atoms with Crippen molar-refractivity contribution in [2.75, 3.05) is 6.61 Å². The SMILES string of the molecule is O=S(=O)(c1cccc(C(O)CO)c1)C(F)(F)F. The number of alkyl halides is 3. The van der Waals surface area contributed by atoms with Gasteiger partial charge in [-0.15, -0.1) is 0 Å². The van der Waals surface area contributed by atoms with Crippen molar-refractivity contribution in [1.29, 1.82) is 0 Å². The maximum atomic E-state index is 12.2. The summed E-state index contributed by atoms with van der Waals surface area (Å²) >= 11 is 0. The highest BCUT2D eigenvalue weighted by molar-refractivity contribution is 7.92. The Labute approximate surface area is 95.2 Å². The quantitative estimate of drug-likeness (QED) is 0.859. The molecule has 0 bridgehead atoms. The first kappa shape index (κ1) is 13.9. The van der Waals surface area contributed by atoms with Crippen LogP contribution in [0, 0.1) is 0 Å². The molecule has 0 heterocycles. The van der Waals surface area contributed by atoms with E-state index >= 15 is 0 Å². The first-order valence-electron chi connectivity index (χ1n) is 4.40. The summed E-state index contributed by atoms with van der Waals surface area (Å²) in [6.45, 7) is -0.713. The van der Waals surface area contributed by atoms with E-state index in [1.807, 2.05) is 0 Å². The van der Waals surface area contributed by atoms with Gasteiger partial charge in [-0.3, -0.25) is 0 Å². The second kappa shape index (κ2) is 4.63.